The van der Waals surface area contributed by atoms with Crippen LogP contribution in [0.4, 0.5) is 0 Å². The van der Waals surface area contributed by atoms with Crippen LogP contribution >= 0.6 is 0 Å². The summed E-state index contributed by atoms with van der Waals surface area (Å²) >= 11 is 0. The maximum Gasteiger partial charge on any atom is 0.261 e. The van der Waals surface area contributed by atoms with Crippen molar-refractivity contribution in [1.29, 1.82) is 0 Å². The number of rotatable bonds is 1. The molecule has 76 valence electrons. The Labute approximate surface area is 87.0 Å². The van der Waals surface area contributed by atoms with Crippen molar-refractivity contribution in [3.63, 3.8) is 0 Å². The van der Waals surface area contributed by atoms with E-state index in [2.05, 4.69) is 0 Å². The Hall–Kier alpha value is -1.90. The molecule has 3 nitrogen and oxygen atoms in total. The second-order valence-electron chi connectivity index (χ2n) is 3.59. The Balaban J connectivity index is 3.04. The van der Waals surface area contributed by atoms with Gasteiger partial charge in [0.2, 0.25) is 0 Å². The van der Waals surface area contributed by atoms with Gasteiger partial charge in [-0.05, 0) is 23.9 Å². The second-order valence-corrected chi connectivity index (χ2v) is 3.59. The maximum absolute atomic E-state index is 11.7. The highest BCUT2D eigenvalue weighted by atomic mass is 16.1. The Morgan fingerprint density at radius 2 is 2.07 bits per heavy atom. The summed E-state index contributed by atoms with van der Waals surface area (Å²) in [5, 5.41) is 0.916. The molecule has 0 fully saturated rings. The van der Waals surface area contributed by atoms with Crippen molar-refractivity contribution < 1.29 is 4.79 Å². The summed E-state index contributed by atoms with van der Waals surface area (Å²) in [4.78, 5) is 22.4. The summed E-state index contributed by atoms with van der Waals surface area (Å²) in [7, 11) is 1.69. The first kappa shape index (κ1) is 9.65. The van der Waals surface area contributed by atoms with Gasteiger partial charge in [-0.1, -0.05) is 18.2 Å². The maximum atomic E-state index is 11.7. The zero-order valence-electron chi connectivity index (χ0n) is 8.65. The average Bonchev–Trinajstić information content (AvgIpc) is 2.23. The molecule has 0 amide bonds. The number of pyridine rings is 1. The first-order chi connectivity index (χ1) is 7.15. The van der Waals surface area contributed by atoms with Crippen LogP contribution in [-0.2, 0) is 7.05 Å². The Bertz CT molecular complexity index is 596. The van der Waals surface area contributed by atoms with E-state index in [1.165, 1.54) is 4.57 Å². The van der Waals surface area contributed by atoms with Crippen molar-refractivity contribution >= 4 is 17.2 Å². The van der Waals surface area contributed by atoms with Crippen molar-refractivity contribution in [2.75, 3.05) is 0 Å². The second kappa shape index (κ2) is 3.35. The number of aryl methyl sites for hydroxylation is 2. The highest BCUT2D eigenvalue weighted by Crippen LogP contribution is 2.16. The molecule has 1 aromatic heterocycles. The van der Waals surface area contributed by atoms with Crippen LogP contribution in [0.1, 0.15) is 15.9 Å². The topological polar surface area (TPSA) is 39.1 Å². The summed E-state index contributed by atoms with van der Waals surface area (Å²) in [6.45, 7) is 1.95. The molecule has 0 atom stereocenters. The summed E-state index contributed by atoms with van der Waals surface area (Å²) < 4.78 is 1.52. The Morgan fingerprint density at radius 3 is 2.73 bits per heavy atom. The fourth-order valence-electron chi connectivity index (χ4n) is 1.87. The minimum absolute atomic E-state index is 0.204. The fourth-order valence-corrected chi connectivity index (χ4v) is 1.87. The smallest absolute Gasteiger partial charge is 0.261 e. The van der Waals surface area contributed by atoms with Gasteiger partial charge in [0.25, 0.3) is 5.56 Å². The molecular formula is C12H11NO2. The molecule has 0 aliphatic heterocycles. The first-order valence-corrected chi connectivity index (χ1v) is 4.69. The average molecular weight is 201 g/mol. The van der Waals surface area contributed by atoms with Gasteiger partial charge in [0.1, 0.15) is 0 Å². The number of aromatic nitrogens is 1. The third-order valence-electron chi connectivity index (χ3n) is 2.59. The van der Waals surface area contributed by atoms with Gasteiger partial charge in [-0.25, -0.2) is 0 Å². The van der Waals surface area contributed by atoms with Gasteiger partial charge in [-0.15, -0.1) is 0 Å². The van der Waals surface area contributed by atoms with Gasteiger partial charge in [-0.2, -0.15) is 0 Å². The van der Waals surface area contributed by atoms with Crippen molar-refractivity contribution in [2.24, 2.45) is 7.05 Å². The summed E-state index contributed by atoms with van der Waals surface area (Å²) in [6.07, 6.45) is 0.601. The summed E-state index contributed by atoms with van der Waals surface area (Å²) in [5.74, 6) is 0. The molecule has 0 bridgehead atoms. The lowest BCUT2D eigenvalue weighted by atomic mass is 10.1. The number of nitrogens with zero attached hydrogens (tertiary/aromatic N) is 1. The monoisotopic (exact) mass is 201 g/mol. The van der Waals surface area contributed by atoms with Gasteiger partial charge >= 0.3 is 0 Å². The molecule has 1 aromatic carbocycles. The van der Waals surface area contributed by atoms with Crippen LogP contribution in [0.2, 0.25) is 0 Å². The number of hydrogen-bond acceptors (Lipinski definition) is 2. The van der Waals surface area contributed by atoms with Crippen LogP contribution in [0.25, 0.3) is 10.9 Å². The zero-order valence-corrected chi connectivity index (χ0v) is 8.65. The van der Waals surface area contributed by atoms with Gasteiger partial charge in [0.15, 0.2) is 6.29 Å². The van der Waals surface area contributed by atoms with Crippen LogP contribution in [0.15, 0.2) is 29.1 Å². The quantitative estimate of drug-likeness (QED) is 0.658. The third-order valence-corrected chi connectivity index (χ3v) is 2.59. The van der Waals surface area contributed by atoms with Crippen LogP contribution < -0.4 is 5.56 Å². The molecule has 0 saturated heterocycles. The lowest BCUT2D eigenvalue weighted by Crippen LogP contribution is -2.21. The van der Waals surface area contributed by atoms with E-state index in [4.69, 9.17) is 0 Å². The van der Waals surface area contributed by atoms with E-state index >= 15 is 0 Å². The molecule has 3 heteroatoms. The van der Waals surface area contributed by atoms with Crippen molar-refractivity contribution in [2.45, 2.75) is 6.92 Å². The molecule has 1 heterocycles. The molecule has 0 saturated carbocycles. The van der Waals surface area contributed by atoms with Crippen molar-refractivity contribution in [3.8, 4) is 0 Å². The Kier molecular flexibility index (Phi) is 2.15. The summed E-state index contributed by atoms with van der Waals surface area (Å²) in [5.41, 5.74) is 1.88. The predicted octanol–water partition coefficient (Wildman–Crippen LogP) is 1.66. The first-order valence-electron chi connectivity index (χ1n) is 4.69. The SMILES string of the molecule is Cc1cccc2cc(C=O)c(=O)n(C)c12. The van der Waals surface area contributed by atoms with E-state index in [0.717, 1.165) is 16.5 Å². The number of fused-ring (bicyclic) bond motifs is 1. The molecule has 15 heavy (non-hydrogen) atoms. The number of hydrogen-bond donors (Lipinski definition) is 0. The molecule has 2 rings (SSSR count). The number of carbonyl (C=O) groups excluding carboxylic acids is 1. The number of aldehydes is 1. The molecule has 0 N–H and O–H groups in total. The Morgan fingerprint density at radius 1 is 1.33 bits per heavy atom. The number of carbonyl (C=O) groups is 1. The minimum atomic E-state index is -0.244. The van der Waals surface area contributed by atoms with Gasteiger partial charge < -0.3 is 4.57 Å². The van der Waals surface area contributed by atoms with Gasteiger partial charge in [0, 0.05) is 7.05 Å². The van der Waals surface area contributed by atoms with E-state index in [1.54, 1.807) is 13.1 Å². The van der Waals surface area contributed by atoms with Crippen LogP contribution in [0.5, 0.6) is 0 Å². The molecule has 2 aromatic rings. The van der Waals surface area contributed by atoms with E-state index in [0.29, 0.717) is 6.29 Å². The van der Waals surface area contributed by atoms with E-state index in [9.17, 15) is 9.59 Å². The van der Waals surface area contributed by atoms with Crippen molar-refractivity contribution in [1.82, 2.24) is 4.57 Å². The largest absolute Gasteiger partial charge is 0.310 e. The lowest BCUT2D eigenvalue weighted by Gasteiger charge is -2.08. The number of benzene rings is 1. The molecule has 0 aliphatic carbocycles. The normalized spacial score (nSPS) is 10.5. The zero-order chi connectivity index (χ0) is 11.0. The fraction of sp³-hybridized carbons (Fsp3) is 0.167. The molecular weight excluding hydrogens is 190 g/mol. The van der Waals surface area contributed by atoms with Crippen molar-refractivity contribution in [3.05, 3.63) is 45.7 Å². The molecule has 0 radical (unpaired) electrons. The standard InChI is InChI=1S/C12H11NO2/c1-8-4-3-5-9-6-10(7-14)12(15)13(2)11(8)9/h3-7H,1-2H3. The summed E-state index contributed by atoms with van der Waals surface area (Å²) in [6, 6.07) is 7.39. The van der Waals surface area contributed by atoms with Gasteiger partial charge in [-0.3, -0.25) is 9.59 Å². The minimum Gasteiger partial charge on any atom is -0.310 e. The van der Waals surface area contributed by atoms with Crippen LogP contribution in [0.3, 0.4) is 0 Å². The molecule has 0 spiro atoms. The number of para-hydroxylation sites is 1. The third kappa shape index (κ3) is 1.36. The lowest BCUT2D eigenvalue weighted by molar-refractivity contribution is 0.112. The van der Waals surface area contributed by atoms with Crippen LogP contribution in [0, 0.1) is 6.92 Å². The van der Waals surface area contributed by atoms with E-state index in [1.807, 2.05) is 25.1 Å². The van der Waals surface area contributed by atoms with E-state index in [-0.39, 0.29) is 11.1 Å². The molecule has 0 unspecified atom stereocenters. The highest BCUT2D eigenvalue weighted by Gasteiger charge is 2.06. The van der Waals surface area contributed by atoms with E-state index < -0.39 is 0 Å². The molecule has 0 aliphatic rings. The van der Waals surface area contributed by atoms with Crippen LogP contribution in [-0.4, -0.2) is 10.9 Å². The highest BCUT2D eigenvalue weighted by molar-refractivity contribution is 5.87. The predicted molar refractivity (Wildman–Crippen MR) is 59.3 cm³/mol. The van der Waals surface area contributed by atoms with Gasteiger partial charge in [0.05, 0.1) is 11.1 Å².